The fraction of sp³-hybridized carbons (Fsp3) is 0.435. The lowest BCUT2D eigenvalue weighted by Crippen LogP contribution is -2.32. The summed E-state index contributed by atoms with van der Waals surface area (Å²) in [4.78, 5) is 21.4. The molecule has 1 amide bonds. The summed E-state index contributed by atoms with van der Waals surface area (Å²) in [5, 5.41) is 3.00. The number of carbonyl (C=O) groups is 1. The van der Waals surface area contributed by atoms with E-state index >= 15 is 0 Å². The normalized spacial score (nSPS) is 15.0. The minimum atomic E-state index is -4.73. The minimum Gasteiger partial charge on any atom is -0.406 e. The second kappa shape index (κ2) is 10.2. The maximum absolute atomic E-state index is 12.4. The zero-order chi connectivity index (χ0) is 23.3. The molecule has 0 atom stereocenters. The van der Waals surface area contributed by atoms with E-state index in [-0.39, 0.29) is 18.1 Å². The Labute approximate surface area is 188 Å². The Kier molecular flexibility index (Phi) is 7.12. The van der Waals surface area contributed by atoms with Gasteiger partial charge in [0.2, 0.25) is 5.91 Å². The summed E-state index contributed by atoms with van der Waals surface area (Å²) < 4.78 is 48.4. The van der Waals surface area contributed by atoms with Gasteiger partial charge in [-0.2, -0.15) is 0 Å². The molecule has 3 heterocycles. The van der Waals surface area contributed by atoms with Crippen molar-refractivity contribution in [3.05, 3.63) is 54.0 Å². The summed E-state index contributed by atoms with van der Waals surface area (Å²) in [7, 11) is 0. The molecule has 0 bridgehead atoms. The molecule has 0 aliphatic carbocycles. The van der Waals surface area contributed by atoms with Crippen LogP contribution in [0.4, 0.5) is 13.2 Å². The summed E-state index contributed by atoms with van der Waals surface area (Å²) >= 11 is 0. The van der Waals surface area contributed by atoms with Gasteiger partial charge in [0.15, 0.2) is 5.65 Å². The maximum atomic E-state index is 12.4. The summed E-state index contributed by atoms with van der Waals surface area (Å²) in [6.07, 6.45) is -0.463. The van der Waals surface area contributed by atoms with Crippen molar-refractivity contribution < 1.29 is 27.4 Å². The van der Waals surface area contributed by atoms with E-state index in [0.29, 0.717) is 42.4 Å². The number of alkyl halides is 3. The SMILES string of the molecule is O=C(CCc1nc2cccnc2n1Cc1ccc(OC(F)(F)F)cc1)NCC1CCOCC1. The molecule has 4 rings (SSSR count). The highest BCUT2D eigenvalue weighted by Crippen LogP contribution is 2.24. The molecule has 0 saturated carbocycles. The van der Waals surface area contributed by atoms with E-state index in [1.807, 2.05) is 10.6 Å². The van der Waals surface area contributed by atoms with Crippen molar-refractivity contribution in [2.45, 2.75) is 38.6 Å². The minimum absolute atomic E-state index is 0.0401. The van der Waals surface area contributed by atoms with Crippen molar-refractivity contribution in [1.29, 1.82) is 0 Å². The van der Waals surface area contributed by atoms with Crippen LogP contribution >= 0.6 is 0 Å². The van der Waals surface area contributed by atoms with Crippen molar-refractivity contribution in [2.75, 3.05) is 19.8 Å². The van der Waals surface area contributed by atoms with Crippen LogP contribution in [-0.4, -0.2) is 46.6 Å². The van der Waals surface area contributed by atoms with Crippen LogP contribution in [0.2, 0.25) is 0 Å². The van der Waals surface area contributed by atoms with Gasteiger partial charge in [-0.15, -0.1) is 13.2 Å². The van der Waals surface area contributed by atoms with E-state index in [1.54, 1.807) is 24.4 Å². The fourth-order valence-electron chi connectivity index (χ4n) is 3.86. The zero-order valence-electron chi connectivity index (χ0n) is 18.0. The summed E-state index contributed by atoms with van der Waals surface area (Å²) in [5.41, 5.74) is 2.12. The highest BCUT2D eigenvalue weighted by Gasteiger charge is 2.31. The number of hydrogen-bond donors (Lipinski definition) is 1. The van der Waals surface area contributed by atoms with Crippen LogP contribution in [0.1, 0.15) is 30.7 Å². The number of halogens is 3. The standard InChI is InChI=1S/C23H25F3N4O3/c24-23(25,26)33-18-5-3-17(4-6-18)15-30-20(29-19-2-1-11-27-22(19)30)7-8-21(31)28-14-16-9-12-32-13-10-16/h1-6,11,16H,7-10,12-15H2,(H,28,31). The van der Waals surface area contributed by atoms with Gasteiger partial charge in [-0.05, 0) is 48.6 Å². The molecule has 1 aromatic carbocycles. The lowest BCUT2D eigenvalue weighted by atomic mass is 10.0. The molecule has 2 aromatic heterocycles. The molecular formula is C23H25F3N4O3. The first kappa shape index (κ1) is 23.0. The number of nitrogens with one attached hydrogen (secondary N) is 1. The lowest BCUT2D eigenvalue weighted by Gasteiger charge is -2.22. The maximum Gasteiger partial charge on any atom is 0.573 e. The second-order valence-corrected chi connectivity index (χ2v) is 8.01. The van der Waals surface area contributed by atoms with Crippen LogP contribution in [0.15, 0.2) is 42.6 Å². The first-order valence-corrected chi connectivity index (χ1v) is 10.9. The first-order valence-electron chi connectivity index (χ1n) is 10.9. The van der Waals surface area contributed by atoms with E-state index in [1.165, 1.54) is 12.1 Å². The highest BCUT2D eigenvalue weighted by molar-refractivity contribution is 5.76. The van der Waals surface area contributed by atoms with E-state index in [2.05, 4.69) is 20.0 Å². The molecule has 33 heavy (non-hydrogen) atoms. The third-order valence-electron chi connectivity index (χ3n) is 5.58. The predicted molar refractivity (Wildman–Crippen MR) is 115 cm³/mol. The number of imidazole rings is 1. The largest absolute Gasteiger partial charge is 0.573 e. The third-order valence-corrected chi connectivity index (χ3v) is 5.58. The van der Waals surface area contributed by atoms with Crippen molar-refractivity contribution in [2.24, 2.45) is 5.92 Å². The Hall–Kier alpha value is -3.14. The van der Waals surface area contributed by atoms with Crippen LogP contribution in [0.5, 0.6) is 5.75 Å². The van der Waals surface area contributed by atoms with Gasteiger partial charge in [0.1, 0.15) is 17.1 Å². The van der Waals surface area contributed by atoms with Gasteiger partial charge in [0, 0.05) is 38.8 Å². The average molecular weight is 462 g/mol. The molecule has 0 unspecified atom stereocenters. The Morgan fingerprint density at radius 2 is 1.94 bits per heavy atom. The number of benzene rings is 1. The van der Waals surface area contributed by atoms with Crippen LogP contribution < -0.4 is 10.1 Å². The lowest BCUT2D eigenvalue weighted by molar-refractivity contribution is -0.274. The van der Waals surface area contributed by atoms with Gasteiger partial charge in [-0.1, -0.05) is 12.1 Å². The summed E-state index contributed by atoms with van der Waals surface area (Å²) in [6, 6.07) is 9.32. The average Bonchev–Trinajstić information content (AvgIpc) is 3.14. The van der Waals surface area contributed by atoms with Gasteiger partial charge in [0.25, 0.3) is 0 Å². The van der Waals surface area contributed by atoms with E-state index in [9.17, 15) is 18.0 Å². The number of ether oxygens (including phenoxy) is 2. The Morgan fingerprint density at radius 3 is 2.67 bits per heavy atom. The third kappa shape index (κ3) is 6.44. The van der Waals surface area contributed by atoms with Crippen molar-refractivity contribution in [3.8, 4) is 5.75 Å². The van der Waals surface area contributed by atoms with Crippen LogP contribution in [-0.2, 0) is 22.5 Å². The number of aromatic nitrogens is 3. The number of hydrogen-bond acceptors (Lipinski definition) is 5. The molecule has 1 N–H and O–H groups in total. The second-order valence-electron chi connectivity index (χ2n) is 8.01. The number of rotatable bonds is 8. The van der Waals surface area contributed by atoms with Gasteiger partial charge >= 0.3 is 6.36 Å². The van der Waals surface area contributed by atoms with Crippen LogP contribution in [0.25, 0.3) is 11.2 Å². The van der Waals surface area contributed by atoms with Crippen molar-refractivity contribution in [1.82, 2.24) is 19.9 Å². The molecule has 0 spiro atoms. The number of amides is 1. The number of aryl methyl sites for hydroxylation is 1. The predicted octanol–water partition coefficient (Wildman–Crippen LogP) is 3.85. The number of fused-ring (bicyclic) bond motifs is 1. The van der Waals surface area contributed by atoms with Gasteiger partial charge in [-0.25, -0.2) is 9.97 Å². The number of carbonyl (C=O) groups excluding carboxylic acids is 1. The molecule has 1 saturated heterocycles. The molecule has 7 nitrogen and oxygen atoms in total. The monoisotopic (exact) mass is 462 g/mol. The number of pyridine rings is 1. The van der Waals surface area contributed by atoms with Crippen molar-refractivity contribution >= 4 is 17.1 Å². The molecule has 3 aromatic rings. The Bertz CT molecular complexity index is 1080. The fourth-order valence-corrected chi connectivity index (χ4v) is 3.86. The van der Waals surface area contributed by atoms with Gasteiger partial charge in [-0.3, -0.25) is 4.79 Å². The molecule has 0 radical (unpaired) electrons. The summed E-state index contributed by atoms with van der Waals surface area (Å²) in [6.45, 7) is 2.48. The van der Waals surface area contributed by atoms with Crippen LogP contribution in [0, 0.1) is 5.92 Å². The topological polar surface area (TPSA) is 78.3 Å². The van der Waals surface area contributed by atoms with Crippen LogP contribution in [0.3, 0.4) is 0 Å². The van der Waals surface area contributed by atoms with Gasteiger partial charge < -0.3 is 19.4 Å². The molecule has 1 fully saturated rings. The summed E-state index contributed by atoms with van der Waals surface area (Å²) in [5.74, 6) is 0.823. The van der Waals surface area contributed by atoms with Gasteiger partial charge in [0.05, 0.1) is 6.54 Å². The van der Waals surface area contributed by atoms with Crippen molar-refractivity contribution in [3.63, 3.8) is 0 Å². The molecule has 1 aliphatic heterocycles. The molecule has 176 valence electrons. The Balaban J connectivity index is 1.42. The zero-order valence-corrected chi connectivity index (χ0v) is 18.0. The highest BCUT2D eigenvalue weighted by atomic mass is 19.4. The smallest absolute Gasteiger partial charge is 0.406 e. The quantitative estimate of drug-likeness (QED) is 0.550. The molecule has 10 heteroatoms. The van der Waals surface area contributed by atoms with E-state index in [0.717, 1.165) is 31.6 Å². The first-order chi connectivity index (χ1) is 15.9. The molecular weight excluding hydrogens is 437 g/mol. The molecule has 1 aliphatic rings. The number of nitrogens with zero attached hydrogens (tertiary/aromatic N) is 3. The van der Waals surface area contributed by atoms with E-state index in [4.69, 9.17) is 4.74 Å². The van der Waals surface area contributed by atoms with E-state index < -0.39 is 6.36 Å². The Morgan fingerprint density at radius 1 is 1.18 bits per heavy atom.